The second-order valence-electron chi connectivity index (χ2n) is 5.38. The van der Waals surface area contributed by atoms with Crippen LogP contribution in [0.15, 0.2) is 12.2 Å². The van der Waals surface area contributed by atoms with Crippen molar-refractivity contribution in [3.05, 3.63) is 12.2 Å². The van der Waals surface area contributed by atoms with Gasteiger partial charge in [0.25, 0.3) is 0 Å². The minimum atomic E-state index is -0.782. The molecule has 0 aromatic rings. The topological polar surface area (TPSA) is 57.5 Å². The zero-order valence-electron chi connectivity index (χ0n) is 8.76. The first-order valence-electron chi connectivity index (χ1n) is 5.64. The third-order valence-corrected chi connectivity index (χ3v) is 4.70. The van der Waals surface area contributed by atoms with Gasteiger partial charge in [-0.3, -0.25) is 4.79 Å². The second-order valence-corrected chi connectivity index (χ2v) is 5.38. The summed E-state index contributed by atoms with van der Waals surface area (Å²) in [5.41, 5.74) is -0.535. The molecule has 3 heteroatoms. The summed E-state index contributed by atoms with van der Waals surface area (Å²) in [6.45, 7) is 1.90. The van der Waals surface area contributed by atoms with Crippen molar-refractivity contribution >= 4 is 5.78 Å². The van der Waals surface area contributed by atoms with Crippen molar-refractivity contribution < 1.29 is 15.0 Å². The monoisotopic (exact) mass is 208 g/mol. The number of Topliss-reactive ketones (excluding diaryl/α,β-unsaturated/α-hetero) is 1. The van der Waals surface area contributed by atoms with Crippen LogP contribution < -0.4 is 0 Å². The van der Waals surface area contributed by atoms with E-state index in [9.17, 15) is 15.0 Å². The molecule has 2 saturated carbocycles. The summed E-state index contributed by atoms with van der Waals surface area (Å²) in [4.78, 5) is 11.8. The SMILES string of the molecule is CC12C=CC(C(O)C1O)C1CCC(=O)C12. The van der Waals surface area contributed by atoms with Crippen molar-refractivity contribution in [3.8, 4) is 0 Å². The lowest BCUT2D eigenvalue weighted by Crippen LogP contribution is -2.60. The fourth-order valence-electron chi connectivity index (χ4n) is 3.89. The summed E-state index contributed by atoms with van der Waals surface area (Å²) in [5.74, 6) is 0.442. The Morgan fingerprint density at radius 1 is 1.47 bits per heavy atom. The van der Waals surface area contributed by atoms with Crippen LogP contribution in [-0.2, 0) is 4.79 Å². The van der Waals surface area contributed by atoms with E-state index in [0.717, 1.165) is 6.42 Å². The second kappa shape index (κ2) is 2.71. The summed E-state index contributed by atoms with van der Waals surface area (Å²) >= 11 is 0. The van der Waals surface area contributed by atoms with Gasteiger partial charge in [-0.15, -0.1) is 0 Å². The molecule has 2 bridgehead atoms. The Morgan fingerprint density at radius 2 is 2.20 bits per heavy atom. The van der Waals surface area contributed by atoms with Gasteiger partial charge in [0.05, 0.1) is 12.2 Å². The van der Waals surface area contributed by atoms with Gasteiger partial charge in [-0.1, -0.05) is 19.1 Å². The van der Waals surface area contributed by atoms with Crippen LogP contribution in [-0.4, -0.2) is 28.2 Å². The molecule has 6 unspecified atom stereocenters. The first-order chi connectivity index (χ1) is 7.05. The van der Waals surface area contributed by atoms with E-state index in [1.165, 1.54) is 0 Å². The molecule has 0 amide bonds. The average Bonchev–Trinajstić information content (AvgIpc) is 2.59. The maximum Gasteiger partial charge on any atom is 0.137 e. The third-order valence-electron chi connectivity index (χ3n) is 4.70. The van der Waals surface area contributed by atoms with Crippen LogP contribution in [0.2, 0.25) is 0 Å². The number of ketones is 1. The zero-order valence-corrected chi connectivity index (χ0v) is 8.76. The van der Waals surface area contributed by atoms with E-state index >= 15 is 0 Å². The van der Waals surface area contributed by atoms with Gasteiger partial charge >= 0.3 is 0 Å². The fourth-order valence-corrected chi connectivity index (χ4v) is 3.89. The lowest BCUT2D eigenvalue weighted by atomic mass is 9.53. The van der Waals surface area contributed by atoms with E-state index in [0.29, 0.717) is 6.42 Å². The Balaban J connectivity index is 2.12. The molecule has 82 valence electrons. The third kappa shape index (κ3) is 0.955. The van der Waals surface area contributed by atoms with Gasteiger partial charge in [0, 0.05) is 23.7 Å². The Bertz CT molecular complexity index is 349. The van der Waals surface area contributed by atoms with Gasteiger partial charge in [0.1, 0.15) is 5.78 Å². The molecule has 4 aliphatic carbocycles. The van der Waals surface area contributed by atoms with Crippen LogP contribution in [0.3, 0.4) is 0 Å². The fraction of sp³-hybridized carbons (Fsp3) is 0.750. The molecule has 0 aromatic carbocycles. The Kier molecular flexibility index (Phi) is 1.73. The van der Waals surface area contributed by atoms with E-state index in [2.05, 4.69) is 0 Å². The molecule has 0 radical (unpaired) electrons. The molecule has 0 heterocycles. The standard InChI is InChI=1S/C12H16O3/c1-12-5-4-7(10(14)11(12)15)6-2-3-8(13)9(6)12/h4-7,9-11,14-15H,2-3H2,1H3. The molecule has 0 saturated heterocycles. The number of fused-ring (bicyclic) bond motifs is 1. The number of hydrogen-bond donors (Lipinski definition) is 2. The minimum absolute atomic E-state index is 0.0155. The van der Waals surface area contributed by atoms with E-state index in [-0.39, 0.29) is 23.5 Å². The highest BCUT2D eigenvalue weighted by molar-refractivity contribution is 5.85. The normalized spacial score (nSPS) is 57.3. The molecule has 15 heavy (non-hydrogen) atoms. The summed E-state index contributed by atoms with van der Waals surface area (Å²) in [6.07, 6.45) is 3.96. The molecule has 2 N–H and O–H groups in total. The van der Waals surface area contributed by atoms with Gasteiger partial charge in [0.15, 0.2) is 0 Å². The first kappa shape index (κ1) is 9.55. The zero-order chi connectivity index (χ0) is 10.8. The number of carbonyl (C=O) groups is 1. The molecule has 0 aliphatic heterocycles. The number of hydrogen-bond acceptors (Lipinski definition) is 3. The van der Waals surface area contributed by atoms with Crippen LogP contribution in [0.25, 0.3) is 0 Å². The highest BCUT2D eigenvalue weighted by Gasteiger charge is 2.61. The number of aliphatic hydroxyl groups is 2. The minimum Gasteiger partial charge on any atom is -0.390 e. The van der Waals surface area contributed by atoms with Crippen molar-refractivity contribution in [2.24, 2.45) is 23.2 Å². The van der Waals surface area contributed by atoms with E-state index in [1.807, 2.05) is 19.1 Å². The first-order valence-corrected chi connectivity index (χ1v) is 5.64. The van der Waals surface area contributed by atoms with Crippen LogP contribution in [0.4, 0.5) is 0 Å². The lowest BCUT2D eigenvalue weighted by molar-refractivity contribution is -0.155. The van der Waals surface area contributed by atoms with Crippen LogP contribution in [0, 0.1) is 23.2 Å². The van der Waals surface area contributed by atoms with Crippen molar-refractivity contribution in [3.63, 3.8) is 0 Å². The van der Waals surface area contributed by atoms with E-state index in [1.54, 1.807) is 0 Å². The number of rotatable bonds is 0. The Hall–Kier alpha value is -0.670. The molecule has 6 atom stereocenters. The van der Waals surface area contributed by atoms with Gasteiger partial charge in [0.2, 0.25) is 0 Å². The highest BCUT2D eigenvalue weighted by atomic mass is 16.3. The lowest BCUT2D eigenvalue weighted by Gasteiger charge is -2.53. The number of carbonyl (C=O) groups excluding carboxylic acids is 1. The maximum atomic E-state index is 11.8. The molecular formula is C12H16O3. The van der Waals surface area contributed by atoms with E-state index in [4.69, 9.17) is 0 Å². The maximum absolute atomic E-state index is 11.8. The molecule has 0 aromatic heterocycles. The Labute approximate surface area is 88.8 Å². The molecule has 0 spiro atoms. The number of aliphatic hydroxyl groups excluding tert-OH is 2. The predicted molar refractivity (Wildman–Crippen MR) is 54.0 cm³/mol. The Morgan fingerprint density at radius 3 is 2.93 bits per heavy atom. The van der Waals surface area contributed by atoms with Gasteiger partial charge in [-0.05, 0) is 12.3 Å². The highest BCUT2D eigenvalue weighted by Crippen LogP contribution is 2.57. The van der Waals surface area contributed by atoms with Crippen LogP contribution >= 0.6 is 0 Å². The summed E-state index contributed by atoms with van der Waals surface area (Å²) in [6, 6.07) is 0. The summed E-state index contributed by atoms with van der Waals surface area (Å²) in [5, 5.41) is 20.0. The average molecular weight is 208 g/mol. The summed E-state index contributed by atoms with van der Waals surface area (Å²) < 4.78 is 0. The largest absolute Gasteiger partial charge is 0.390 e. The summed E-state index contributed by atoms with van der Waals surface area (Å²) in [7, 11) is 0. The van der Waals surface area contributed by atoms with Crippen LogP contribution in [0.1, 0.15) is 19.8 Å². The molecule has 2 fully saturated rings. The van der Waals surface area contributed by atoms with Gasteiger partial charge < -0.3 is 10.2 Å². The molecule has 4 aliphatic rings. The quantitative estimate of drug-likeness (QED) is 0.570. The van der Waals surface area contributed by atoms with Crippen molar-refractivity contribution in [2.45, 2.75) is 32.0 Å². The smallest absolute Gasteiger partial charge is 0.137 e. The van der Waals surface area contributed by atoms with E-state index < -0.39 is 17.6 Å². The van der Waals surface area contributed by atoms with Crippen molar-refractivity contribution in [1.82, 2.24) is 0 Å². The van der Waals surface area contributed by atoms with Crippen molar-refractivity contribution in [1.29, 1.82) is 0 Å². The van der Waals surface area contributed by atoms with Gasteiger partial charge in [-0.25, -0.2) is 0 Å². The predicted octanol–water partition coefficient (Wildman–Crippen LogP) is 0.509. The molecule has 3 nitrogen and oxygen atoms in total. The van der Waals surface area contributed by atoms with Gasteiger partial charge in [-0.2, -0.15) is 0 Å². The molecule has 4 rings (SSSR count). The molecular weight excluding hydrogens is 192 g/mol. The van der Waals surface area contributed by atoms with Crippen molar-refractivity contribution in [2.75, 3.05) is 0 Å². The van der Waals surface area contributed by atoms with Crippen LogP contribution in [0.5, 0.6) is 0 Å².